The Labute approximate surface area is 84.1 Å². The highest BCUT2D eigenvalue weighted by Gasteiger charge is 2.16. The van der Waals surface area contributed by atoms with E-state index >= 15 is 0 Å². The highest BCUT2D eigenvalue weighted by Crippen LogP contribution is 2.17. The quantitative estimate of drug-likeness (QED) is 0.733. The number of aryl methyl sites for hydroxylation is 1. The fourth-order valence-corrected chi connectivity index (χ4v) is 1.54. The second-order valence-electron chi connectivity index (χ2n) is 3.63. The van der Waals surface area contributed by atoms with E-state index in [0.717, 1.165) is 37.7 Å². The maximum atomic E-state index is 5.68. The van der Waals surface area contributed by atoms with E-state index in [2.05, 4.69) is 4.98 Å². The molecule has 3 nitrogen and oxygen atoms in total. The molecular weight excluding hydrogens is 178 g/mol. The van der Waals surface area contributed by atoms with Gasteiger partial charge in [-0.25, -0.2) is 0 Å². The van der Waals surface area contributed by atoms with Crippen molar-refractivity contribution in [1.82, 2.24) is 4.98 Å². The first kappa shape index (κ1) is 9.46. The van der Waals surface area contributed by atoms with Gasteiger partial charge in [0.25, 0.3) is 0 Å². The normalized spacial score (nSPS) is 21.1. The second kappa shape index (κ2) is 4.42. The van der Waals surface area contributed by atoms with Crippen LogP contribution in [0.15, 0.2) is 18.3 Å². The number of rotatable bonds is 3. The lowest BCUT2D eigenvalue weighted by Gasteiger charge is -2.11. The molecule has 1 aliphatic heterocycles. The maximum Gasteiger partial charge on any atom is 0.140 e. The fraction of sp³-hybridized carbons (Fsp3) is 0.545. The molecule has 0 amide bonds. The van der Waals surface area contributed by atoms with Crippen LogP contribution in [0.4, 0.5) is 0 Å². The number of hydrogen-bond donors (Lipinski definition) is 0. The molecule has 0 aliphatic carbocycles. The molecule has 76 valence electrons. The predicted octanol–water partition coefficient (Wildman–Crippen LogP) is 1.81. The van der Waals surface area contributed by atoms with Crippen molar-refractivity contribution in [2.75, 3.05) is 19.8 Å². The largest absolute Gasteiger partial charge is 0.491 e. The number of ether oxygens (including phenoxy) is 2. The van der Waals surface area contributed by atoms with Gasteiger partial charge in [0.2, 0.25) is 0 Å². The van der Waals surface area contributed by atoms with Gasteiger partial charge in [-0.15, -0.1) is 0 Å². The van der Waals surface area contributed by atoms with E-state index in [1.165, 1.54) is 0 Å². The standard InChI is InChI=1S/C11H15NO2/c1-9-11(3-2-5-12-9)14-8-10-4-6-13-7-10/h2-3,5,10H,4,6-8H2,1H3. The molecule has 1 aliphatic rings. The highest BCUT2D eigenvalue weighted by atomic mass is 16.5. The molecule has 0 bridgehead atoms. The van der Waals surface area contributed by atoms with E-state index in [4.69, 9.17) is 9.47 Å². The van der Waals surface area contributed by atoms with Gasteiger partial charge in [0.05, 0.1) is 18.9 Å². The van der Waals surface area contributed by atoms with Crippen LogP contribution < -0.4 is 4.74 Å². The van der Waals surface area contributed by atoms with Crippen LogP contribution in [0.5, 0.6) is 5.75 Å². The Morgan fingerprint density at radius 1 is 1.64 bits per heavy atom. The summed E-state index contributed by atoms with van der Waals surface area (Å²) in [6.07, 6.45) is 2.89. The van der Waals surface area contributed by atoms with Crippen LogP contribution in [0, 0.1) is 12.8 Å². The molecule has 0 N–H and O–H groups in total. The van der Waals surface area contributed by atoms with Gasteiger partial charge in [-0.1, -0.05) is 0 Å². The summed E-state index contributed by atoms with van der Waals surface area (Å²) in [4.78, 5) is 4.17. The summed E-state index contributed by atoms with van der Waals surface area (Å²) in [5.74, 6) is 1.44. The van der Waals surface area contributed by atoms with E-state index in [1.54, 1.807) is 6.20 Å². The van der Waals surface area contributed by atoms with Crippen molar-refractivity contribution in [2.45, 2.75) is 13.3 Å². The van der Waals surface area contributed by atoms with E-state index in [-0.39, 0.29) is 0 Å². The molecule has 0 radical (unpaired) electrons. The zero-order valence-electron chi connectivity index (χ0n) is 8.40. The summed E-state index contributed by atoms with van der Waals surface area (Å²) in [5, 5.41) is 0. The van der Waals surface area contributed by atoms with Crippen molar-refractivity contribution in [1.29, 1.82) is 0 Å². The Kier molecular flexibility index (Phi) is 2.99. The van der Waals surface area contributed by atoms with Gasteiger partial charge < -0.3 is 9.47 Å². The van der Waals surface area contributed by atoms with Gasteiger partial charge in [0.15, 0.2) is 0 Å². The lowest BCUT2D eigenvalue weighted by Crippen LogP contribution is -2.12. The third-order valence-electron chi connectivity index (χ3n) is 2.46. The molecule has 1 atom stereocenters. The fourth-order valence-electron chi connectivity index (χ4n) is 1.54. The molecule has 3 heteroatoms. The Bertz CT molecular complexity index is 295. The minimum absolute atomic E-state index is 0.551. The van der Waals surface area contributed by atoms with Gasteiger partial charge in [-0.2, -0.15) is 0 Å². The first-order valence-corrected chi connectivity index (χ1v) is 4.98. The zero-order valence-corrected chi connectivity index (χ0v) is 8.40. The summed E-state index contributed by atoms with van der Waals surface area (Å²) >= 11 is 0. The van der Waals surface area contributed by atoms with Gasteiger partial charge in [0.1, 0.15) is 5.75 Å². The van der Waals surface area contributed by atoms with Crippen molar-refractivity contribution >= 4 is 0 Å². The van der Waals surface area contributed by atoms with Crippen LogP contribution in [-0.2, 0) is 4.74 Å². The molecule has 1 saturated heterocycles. The predicted molar refractivity (Wildman–Crippen MR) is 53.4 cm³/mol. The molecule has 1 aromatic heterocycles. The zero-order chi connectivity index (χ0) is 9.80. The van der Waals surface area contributed by atoms with Gasteiger partial charge in [0, 0.05) is 18.7 Å². The third kappa shape index (κ3) is 2.23. The van der Waals surface area contributed by atoms with Crippen LogP contribution in [0.1, 0.15) is 12.1 Å². The van der Waals surface area contributed by atoms with E-state index < -0.39 is 0 Å². The number of pyridine rings is 1. The van der Waals surface area contributed by atoms with Crippen LogP contribution in [-0.4, -0.2) is 24.8 Å². The Hall–Kier alpha value is -1.09. The van der Waals surface area contributed by atoms with Crippen molar-refractivity contribution in [3.8, 4) is 5.75 Å². The number of aromatic nitrogens is 1. The van der Waals surface area contributed by atoms with Crippen LogP contribution in [0.3, 0.4) is 0 Å². The van der Waals surface area contributed by atoms with Crippen LogP contribution in [0.25, 0.3) is 0 Å². The average Bonchev–Trinajstić information content (AvgIpc) is 2.69. The van der Waals surface area contributed by atoms with E-state index in [0.29, 0.717) is 5.92 Å². The molecule has 0 spiro atoms. The smallest absolute Gasteiger partial charge is 0.140 e. The Balaban J connectivity index is 1.88. The van der Waals surface area contributed by atoms with Crippen LogP contribution >= 0.6 is 0 Å². The Morgan fingerprint density at radius 2 is 2.57 bits per heavy atom. The third-order valence-corrected chi connectivity index (χ3v) is 2.46. The molecule has 2 rings (SSSR count). The van der Waals surface area contributed by atoms with Gasteiger partial charge in [-0.3, -0.25) is 4.98 Å². The highest BCUT2D eigenvalue weighted by molar-refractivity contribution is 5.25. The molecule has 1 aromatic rings. The van der Waals surface area contributed by atoms with Crippen molar-refractivity contribution in [3.05, 3.63) is 24.0 Å². The lowest BCUT2D eigenvalue weighted by atomic mass is 10.1. The Morgan fingerprint density at radius 3 is 3.29 bits per heavy atom. The molecule has 0 saturated carbocycles. The maximum absolute atomic E-state index is 5.68. The first-order chi connectivity index (χ1) is 6.86. The molecule has 1 unspecified atom stereocenters. The summed E-state index contributed by atoms with van der Waals surface area (Å²) < 4.78 is 11.0. The lowest BCUT2D eigenvalue weighted by molar-refractivity contribution is 0.166. The average molecular weight is 193 g/mol. The summed E-state index contributed by atoms with van der Waals surface area (Å²) in [5.41, 5.74) is 0.950. The monoisotopic (exact) mass is 193 g/mol. The topological polar surface area (TPSA) is 31.4 Å². The van der Waals surface area contributed by atoms with Crippen molar-refractivity contribution in [2.24, 2.45) is 5.92 Å². The van der Waals surface area contributed by atoms with Crippen molar-refractivity contribution < 1.29 is 9.47 Å². The summed E-state index contributed by atoms with van der Waals surface area (Å²) in [6.45, 7) is 4.41. The molecule has 14 heavy (non-hydrogen) atoms. The van der Waals surface area contributed by atoms with Gasteiger partial charge in [-0.05, 0) is 25.5 Å². The SMILES string of the molecule is Cc1ncccc1OCC1CCOC1. The van der Waals surface area contributed by atoms with E-state index in [1.807, 2.05) is 19.1 Å². The number of nitrogens with zero attached hydrogens (tertiary/aromatic N) is 1. The number of hydrogen-bond acceptors (Lipinski definition) is 3. The summed E-state index contributed by atoms with van der Waals surface area (Å²) in [7, 11) is 0. The molecule has 0 aromatic carbocycles. The molecule has 2 heterocycles. The second-order valence-corrected chi connectivity index (χ2v) is 3.63. The molecule has 1 fully saturated rings. The minimum atomic E-state index is 0.551. The molecular formula is C11H15NO2. The minimum Gasteiger partial charge on any atom is -0.491 e. The first-order valence-electron chi connectivity index (χ1n) is 4.98. The van der Waals surface area contributed by atoms with Crippen LogP contribution in [0.2, 0.25) is 0 Å². The van der Waals surface area contributed by atoms with Crippen molar-refractivity contribution in [3.63, 3.8) is 0 Å². The van der Waals surface area contributed by atoms with E-state index in [9.17, 15) is 0 Å². The van der Waals surface area contributed by atoms with Gasteiger partial charge >= 0.3 is 0 Å². The summed E-state index contributed by atoms with van der Waals surface area (Å²) in [6, 6.07) is 3.85.